The quantitative estimate of drug-likeness (QED) is 0.839. The molecule has 8 heteroatoms. The Morgan fingerprint density at radius 2 is 1.93 bits per heavy atom. The van der Waals surface area contributed by atoms with Gasteiger partial charge < -0.3 is 19.5 Å². The second kappa shape index (κ2) is 8.32. The topological polar surface area (TPSA) is 89.3 Å². The van der Waals surface area contributed by atoms with E-state index >= 15 is 0 Å². The molecule has 8 nitrogen and oxygen atoms in total. The lowest BCUT2D eigenvalue weighted by molar-refractivity contribution is -0.125. The first-order valence-electron chi connectivity index (χ1n) is 10.2. The second-order valence-electron chi connectivity index (χ2n) is 7.88. The van der Waals surface area contributed by atoms with E-state index in [4.69, 9.17) is 4.74 Å². The van der Waals surface area contributed by atoms with E-state index in [0.29, 0.717) is 45.8 Å². The molecule has 1 aromatic heterocycles. The normalized spacial score (nSPS) is 19.0. The molecule has 2 amide bonds. The summed E-state index contributed by atoms with van der Waals surface area (Å²) in [6.45, 7) is 7.30. The van der Waals surface area contributed by atoms with Crippen LogP contribution in [0.25, 0.3) is 0 Å². The number of nitrogens with one attached hydrogen (secondary N) is 1. The lowest BCUT2D eigenvalue weighted by atomic mass is 10.1. The second-order valence-corrected chi connectivity index (χ2v) is 7.88. The van der Waals surface area contributed by atoms with Crippen LogP contribution in [0.2, 0.25) is 0 Å². The third kappa shape index (κ3) is 4.32. The van der Waals surface area contributed by atoms with Gasteiger partial charge >= 0.3 is 0 Å². The zero-order valence-corrected chi connectivity index (χ0v) is 17.0. The van der Waals surface area contributed by atoms with E-state index in [1.165, 1.54) is 0 Å². The summed E-state index contributed by atoms with van der Waals surface area (Å²) in [5.74, 6) is 1.56. The first-order valence-corrected chi connectivity index (χ1v) is 10.2. The summed E-state index contributed by atoms with van der Waals surface area (Å²) in [4.78, 5) is 27.1. The van der Waals surface area contributed by atoms with E-state index in [2.05, 4.69) is 21.6 Å². The van der Waals surface area contributed by atoms with Gasteiger partial charge in [0.1, 0.15) is 5.82 Å². The first kappa shape index (κ1) is 19.6. The van der Waals surface area contributed by atoms with Crippen LogP contribution in [-0.4, -0.2) is 57.8 Å². The number of nitrogens with zero attached hydrogens (tertiary/aromatic N) is 4. The Morgan fingerprint density at radius 1 is 1.14 bits per heavy atom. The summed E-state index contributed by atoms with van der Waals surface area (Å²) in [5.41, 5.74) is 2.91. The fourth-order valence-corrected chi connectivity index (χ4v) is 4.05. The molecule has 1 saturated heterocycles. The summed E-state index contributed by atoms with van der Waals surface area (Å²) in [6, 6.07) is 5.95. The van der Waals surface area contributed by atoms with Gasteiger partial charge in [0.05, 0.1) is 19.1 Å². The van der Waals surface area contributed by atoms with Crippen molar-refractivity contribution < 1.29 is 14.3 Å². The molecule has 2 aliphatic heterocycles. The van der Waals surface area contributed by atoms with Gasteiger partial charge in [-0.3, -0.25) is 9.59 Å². The summed E-state index contributed by atoms with van der Waals surface area (Å²) < 4.78 is 7.30. The van der Waals surface area contributed by atoms with E-state index in [1.807, 2.05) is 35.4 Å². The summed E-state index contributed by atoms with van der Waals surface area (Å²) in [6.07, 6.45) is 1.41. The van der Waals surface area contributed by atoms with Gasteiger partial charge in [0.2, 0.25) is 5.91 Å². The van der Waals surface area contributed by atoms with Gasteiger partial charge in [0, 0.05) is 38.2 Å². The number of aromatic nitrogens is 3. The lowest BCUT2D eigenvalue weighted by Gasteiger charge is -2.20. The fraction of sp³-hybridized carbons (Fsp3) is 0.524. The highest BCUT2D eigenvalue weighted by Gasteiger charge is 2.25. The number of aryl methyl sites for hydroxylation is 2. The lowest BCUT2D eigenvalue weighted by Crippen LogP contribution is -2.34. The predicted octanol–water partition coefficient (Wildman–Crippen LogP) is 1.25. The van der Waals surface area contributed by atoms with Gasteiger partial charge in [-0.05, 0) is 32.4 Å². The van der Waals surface area contributed by atoms with Crippen LogP contribution >= 0.6 is 0 Å². The van der Waals surface area contributed by atoms with Gasteiger partial charge in [0.15, 0.2) is 5.82 Å². The molecule has 2 aromatic rings. The summed E-state index contributed by atoms with van der Waals surface area (Å²) in [5, 5.41) is 11.5. The molecular formula is C21H27N5O3. The number of hydrogen-bond donors (Lipinski definition) is 1. The van der Waals surface area contributed by atoms with Crippen LogP contribution in [0.1, 0.15) is 39.6 Å². The molecule has 0 spiro atoms. The number of hydrogen-bond acceptors (Lipinski definition) is 5. The van der Waals surface area contributed by atoms with E-state index < -0.39 is 0 Å². The van der Waals surface area contributed by atoms with E-state index in [-0.39, 0.29) is 17.7 Å². The minimum Gasteiger partial charge on any atom is -0.381 e. The molecule has 3 heterocycles. The Bertz CT molecular complexity index is 897. The highest BCUT2D eigenvalue weighted by molar-refractivity contribution is 5.94. The van der Waals surface area contributed by atoms with Gasteiger partial charge in [-0.2, -0.15) is 0 Å². The van der Waals surface area contributed by atoms with Crippen molar-refractivity contribution in [1.29, 1.82) is 0 Å². The Morgan fingerprint density at radius 3 is 2.66 bits per heavy atom. The van der Waals surface area contributed by atoms with Crippen LogP contribution in [0.5, 0.6) is 0 Å². The Hall–Kier alpha value is -2.74. The van der Waals surface area contributed by atoms with Crippen molar-refractivity contribution in [3.8, 4) is 0 Å². The Balaban J connectivity index is 1.40. The van der Waals surface area contributed by atoms with Crippen LogP contribution in [-0.2, 0) is 29.0 Å². The van der Waals surface area contributed by atoms with Crippen LogP contribution < -0.4 is 5.32 Å². The smallest absolute Gasteiger partial charge is 0.253 e. The van der Waals surface area contributed by atoms with Crippen molar-refractivity contribution in [2.24, 2.45) is 5.92 Å². The van der Waals surface area contributed by atoms with Crippen molar-refractivity contribution in [2.45, 2.75) is 39.8 Å². The molecule has 1 N–H and O–H groups in total. The maximum absolute atomic E-state index is 13.0. The van der Waals surface area contributed by atoms with Gasteiger partial charge in [-0.25, -0.2) is 0 Å². The molecule has 29 heavy (non-hydrogen) atoms. The largest absolute Gasteiger partial charge is 0.381 e. The number of amides is 2. The molecule has 4 rings (SSSR count). The molecule has 2 aliphatic rings. The Kier molecular flexibility index (Phi) is 5.62. The maximum atomic E-state index is 13.0. The zero-order chi connectivity index (χ0) is 20.4. The molecule has 154 valence electrons. The summed E-state index contributed by atoms with van der Waals surface area (Å²) in [7, 11) is 0. The van der Waals surface area contributed by atoms with Crippen molar-refractivity contribution in [2.75, 3.05) is 26.3 Å². The van der Waals surface area contributed by atoms with E-state index in [9.17, 15) is 9.59 Å². The number of carbonyl (C=O) groups excluding carboxylic acids is 2. The van der Waals surface area contributed by atoms with Gasteiger partial charge in [-0.15, -0.1) is 10.2 Å². The SMILES string of the molecule is Cc1cc(C)cc(C(=O)N2CCc3nnc(CNC(=O)C4CCOC4)n3CC2)c1. The highest BCUT2D eigenvalue weighted by Crippen LogP contribution is 2.16. The van der Waals surface area contributed by atoms with E-state index in [1.54, 1.807) is 0 Å². The number of benzene rings is 1. The molecule has 0 bridgehead atoms. The molecule has 1 fully saturated rings. The number of carbonyl (C=O) groups is 2. The number of fused-ring (bicyclic) bond motifs is 1. The van der Waals surface area contributed by atoms with E-state index in [0.717, 1.165) is 34.8 Å². The molecule has 0 saturated carbocycles. The predicted molar refractivity (Wildman–Crippen MR) is 106 cm³/mol. The number of ether oxygens (including phenoxy) is 1. The average molecular weight is 397 g/mol. The molecule has 0 aliphatic carbocycles. The van der Waals surface area contributed by atoms with Crippen LogP contribution in [0.15, 0.2) is 18.2 Å². The van der Waals surface area contributed by atoms with Crippen LogP contribution in [0.3, 0.4) is 0 Å². The standard InChI is InChI=1S/C21H27N5O3/c1-14-9-15(2)11-17(10-14)21(28)25-5-3-18-23-24-19(26(18)7-6-25)12-22-20(27)16-4-8-29-13-16/h9-11,16H,3-8,12-13H2,1-2H3,(H,22,27). The first-order chi connectivity index (χ1) is 14.0. The Labute approximate surface area is 170 Å². The minimum absolute atomic E-state index is 0.0000866. The van der Waals surface area contributed by atoms with Crippen LogP contribution in [0.4, 0.5) is 0 Å². The van der Waals surface area contributed by atoms with Gasteiger partial charge in [0.25, 0.3) is 5.91 Å². The van der Waals surface area contributed by atoms with Gasteiger partial charge in [-0.1, -0.05) is 17.2 Å². The van der Waals surface area contributed by atoms with Crippen LogP contribution in [0, 0.1) is 19.8 Å². The van der Waals surface area contributed by atoms with Crippen molar-refractivity contribution in [3.05, 3.63) is 46.5 Å². The highest BCUT2D eigenvalue weighted by atomic mass is 16.5. The molecule has 1 aromatic carbocycles. The molecular weight excluding hydrogens is 370 g/mol. The molecule has 0 radical (unpaired) electrons. The maximum Gasteiger partial charge on any atom is 0.253 e. The molecule has 1 atom stereocenters. The molecule has 1 unspecified atom stereocenters. The van der Waals surface area contributed by atoms with Crippen molar-refractivity contribution in [1.82, 2.24) is 25.0 Å². The fourth-order valence-electron chi connectivity index (χ4n) is 4.05. The number of rotatable bonds is 4. The zero-order valence-electron chi connectivity index (χ0n) is 17.0. The third-order valence-corrected chi connectivity index (χ3v) is 5.58. The third-order valence-electron chi connectivity index (χ3n) is 5.58. The monoisotopic (exact) mass is 397 g/mol. The van der Waals surface area contributed by atoms with Crippen molar-refractivity contribution in [3.63, 3.8) is 0 Å². The minimum atomic E-state index is -0.0765. The van der Waals surface area contributed by atoms with Crippen molar-refractivity contribution >= 4 is 11.8 Å². The average Bonchev–Trinajstić information content (AvgIpc) is 3.31. The summed E-state index contributed by atoms with van der Waals surface area (Å²) >= 11 is 0.